The molecular formula is C16H18N4O3S. The molecule has 0 unspecified atom stereocenters. The maximum Gasteiger partial charge on any atom is 0.241 e. The summed E-state index contributed by atoms with van der Waals surface area (Å²) in [7, 11) is -3.84. The third kappa shape index (κ3) is 4.33. The first-order valence-electron chi connectivity index (χ1n) is 7.27. The van der Waals surface area contributed by atoms with Crippen LogP contribution in [-0.4, -0.2) is 26.2 Å². The van der Waals surface area contributed by atoms with Crippen LogP contribution in [0.3, 0.4) is 0 Å². The number of rotatable bonds is 7. The number of azide groups is 1. The highest BCUT2D eigenvalue weighted by molar-refractivity contribution is 7.89. The lowest BCUT2D eigenvalue weighted by atomic mass is 10.0. The molecule has 2 rings (SSSR count). The van der Waals surface area contributed by atoms with Gasteiger partial charge in [-0.2, -0.15) is 0 Å². The van der Waals surface area contributed by atoms with Gasteiger partial charge in [-0.05, 0) is 30.2 Å². The molecule has 7 nitrogen and oxygen atoms in total. The number of nitrogens with one attached hydrogen (secondary N) is 1. The van der Waals surface area contributed by atoms with Gasteiger partial charge in [0.05, 0.1) is 23.6 Å². The van der Waals surface area contributed by atoms with Crippen LogP contribution in [0.1, 0.15) is 17.2 Å². The van der Waals surface area contributed by atoms with Crippen LogP contribution in [0.5, 0.6) is 0 Å². The standard InChI is InChI=1S/C16H18N4O3S/c1-12-7-9-14(10-8-12)24(22,23)19-16(15(11-21)18-20-17)13-5-3-2-4-6-13/h2-10,15-16,19,21H,11H2,1H3/t15-,16-/m1/s1. The molecular weight excluding hydrogens is 328 g/mol. The van der Waals surface area contributed by atoms with E-state index in [1.165, 1.54) is 12.1 Å². The minimum atomic E-state index is -3.84. The van der Waals surface area contributed by atoms with E-state index in [0.29, 0.717) is 5.56 Å². The summed E-state index contributed by atoms with van der Waals surface area (Å²) >= 11 is 0. The molecule has 0 bridgehead atoms. The van der Waals surface area contributed by atoms with Crippen LogP contribution in [0, 0.1) is 6.92 Å². The van der Waals surface area contributed by atoms with Gasteiger partial charge in [0.15, 0.2) is 0 Å². The van der Waals surface area contributed by atoms with Crippen LogP contribution < -0.4 is 4.72 Å². The lowest BCUT2D eigenvalue weighted by molar-refractivity contribution is 0.245. The molecule has 0 saturated heterocycles. The van der Waals surface area contributed by atoms with E-state index in [0.717, 1.165) is 5.56 Å². The summed E-state index contributed by atoms with van der Waals surface area (Å²) in [5, 5.41) is 13.0. The quantitative estimate of drug-likeness (QED) is 0.456. The molecule has 2 aromatic carbocycles. The fourth-order valence-electron chi connectivity index (χ4n) is 2.26. The van der Waals surface area contributed by atoms with Gasteiger partial charge >= 0.3 is 0 Å². The molecule has 126 valence electrons. The van der Waals surface area contributed by atoms with Crippen molar-refractivity contribution >= 4 is 10.0 Å². The monoisotopic (exact) mass is 346 g/mol. The third-order valence-electron chi connectivity index (χ3n) is 3.54. The molecule has 2 aromatic rings. The Morgan fingerprint density at radius 2 is 1.79 bits per heavy atom. The SMILES string of the molecule is Cc1ccc(S(=O)(=O)N[C@H](c2ccccc2)[C@@H](CO)N=[N+]=[N-])cc1. The molecule has 0 fully saturated rings. The Morgan fingerprint density at radius 1 is 1.17 bits per heavy atom. The van der Waals surface area contributed by atoms with Gasteiger partial charge in [-0.3, -0.25) is 0 Å². The fourth-order valence-corrected chi connectivity index (χ4v) is 3.51. The molecule has 0 amide bonds. The van der Waals surface area contributed by atoms with Crippen molar-refractivity contribution in [2.24, 2.45) is 5.11 Å². The van der Waals surface area contributed by atoms with Crippen LogP contribution in [0.4, 0.5) is 0 Å². The van der Waals surface area contributed by atoms with Gasteiger partial charge in [-0.1, -0.05) is 53.1 Å². The number of aliphatic hydroxyl groups excluding tert-OH is 1. The maximum absolute atomic E-state index is 12.6. The number of nitrogens with zero attached hydrogens (tertiary/aromatic N) is 3. The number of sulfonamides is 1. The largest absolute Gasteiger partial charge is 0.396 e. The van der Waals surface area contributed by atoms with Gasteiger partial charge in [-0.25, -0.2) is 13.1 Å². The average Bonchev–Trinajstić information content (AvgIpc) is 2.59. The fraction of sp³-hybridized carbons (Fsp3) is 0.250. The van der Waals surface area contributed by atoms with E-state index in [4.69, 9.17) is 5.53 Å². The molecule has 0 aromatic heterocycles. The molecule has 0 aliphatic heterocycles. The smallest absolute Gasteiger partial charge is 0.241 e. The van der Waals surface area contributed by atoms with Gasteiger partial charge in [0.25, 0.3) is 0 Å². The van der Waals surface area contributed by atoms with Crippen molar-refractivity contribution in [3.63, 3.8) is 0 Å². The van der Waals surface area contributed by atoms with Crippen molar-refractivity contribution in [2.45, 2.75) is 23.9 Å². The van der Waals surface area contributed by atoms with Gasteiger partial charge in [0.1, 0.15) is 0 Å². The van der Waals surface area contributed by atoms with Crippen LogP contribution in [-0.2, 0) is 10.0 Å². The van der Waals surface area contributed by atoms with E-state index in [1.54, 1.807) is 42.5 Å². The number of aliphatic hydroxyl groups is 1. The first-order valence-corrected chi connectivity index (χ1v) is 8.75. The Balaban J connectivity index is 2.40. The predicted octanol–water partition coefficient (Wildman–Crippen LogP) is 2.69. The Bertz CT molecular complexity index is 816. The Hall–Kier alpha value is -2.38. The summed E-state index contributed by atoms with van der Waals surface area (Å²) in [6.45, 7) is 1.38. The molecule has 0 aliphatic rings. The summed E-state index contributed by atoms with van der Waals surface area (Å²) in [5.74, 6) is 0. The lowest BCUT2D eigenvalue weighted by Gasteiger charge is -2.23. The van der Waals surface area contributed by atoms with Crippen molar-refractivity contribution in [1.29, 1.82) is 0 Å². The molecule has 0 radical (unpaired) electrons. The van der Waals surface area contributed by atoms with Crippen molar-refractivity contribution < 1.29 is 13.5 Å². The predicted molar refractivity (Wildman–Crippen MR) is 90.7 cm³/mol. The van der Waals surface area contributed by atoms with Crippen LogP contribution in [0.25, 0.3) is 10.4 Å². The van der Waals surface area contributed by atoms with E-state index < -0.39 is 28.7 Å². The van der Waals surface area contributed by atoms with E-state index in [9.17, 15) is 13.5 Å². The van der Waals surface area contributed by atoms with E-state index in [2.05, 4.69) is 14.7 Å². The summed E-state index contributed by atoms with van der Waals surface area (Å²) in [6, 6.07) is 13.2. The highest BCUT2D eigenvalue weighted by Gasteiger charge is 2.27. The maximum atomic E-state index is 12.6. The second-order valence-corrected chi connectivity index (χ2v) is 6.99. The molecule has 0 saturated carbocycles. The normalized spacial score (nSPS) is 13.8. The minimum Gasteiger partial charge on any atom is -0.396 e. The Kier molecular flexibility index (Phi) is 5.94. The van der Waals surface area contributed by atoms with Crippen molar-refractivity contribution in [3.05, 3.63) is 76.2 Å². The van der Waals surface area contributed by atoms with Gasteiger partial charge in [0.2, 0.25) is 10.0 Å². The zero-order chi connectivity index (χ0) is 17.6. The van der Waals surface area contributed by atoms with Gasteiger partial charge in [-0.15, -0.1) is 0 Å². The zero-order valence-electron chi connectivity index (χ0n) is 13.1. The van der Waals surface area contributed by atoms with E-state index in [1.807, 2.05) is 6.92 Å². The Labute approximate surface area is 140 Å². The molecule has 8 heteroatoms. The lowest BCUT2D eigenvalue weighted by Crippen LogP contribution is -2.37. The number of hydrogen-bond donors (Lipinski definition) is 2. The average molecular weight is 346 g/mol. The van der Waals surface area contributed by atoms with Crippen LogP contribution in [0.15, 0.2) is 64.6 Å². The van der Waals surface area contributed by atoms with Crippen molar-refractivity contribution in [3.8, 4) is 0 Å². The molecule has 2 N–H and O–H groups in total. The second kappa shape index (κ2) is 7.94. The number of benzene rings is 2. The molecule has 0 heterocycles. The summed E-state index contributed by atoms with van der Waals surface area (Å²) < 4.78 is 27.8. The summed E-state index contributed by atoms with van der Waals surface area (Å²) in [4.78, 5) is 2.80. The van der Waals surface area contributed by atoms with Crippen molar-refractivity contribution in [1.82, 2.24) is 4.72 Å². The summed E-state index contributed by atoms with van der Waals surface area (Å²) in [6.07, 6.45) is 0. The van der Waals surface area contributed by atoms with E-state index in [-0.39, 0.29) is 4.90 Å². The molecule has 0 spiro atoms. The second-order valence-electron chi connectivity index (χ2n) is 5.28. The first-order chi connectivity index (χ1) is 11.5. The van der Waals surface area contributed by atoms with Crippen molar-refractivity contribution in [2.75, 3.05) is 6.61 Å². The first kappa shape index (κ1) is 18.0. The van der Waals surface area contributed by atoms with Gasteiger partial charge in [0, 0.05) is 4.91 Å². The van der Waals surface area contributed by atoms with Crippen LogP contribution >= 0.6 is 0 Å². The minimum absolute atomic E-state index is 0.103. The Morgan fingerprint density at radius 3 is 2.33 bits per heavy atom. The third-order valence-corrected chi connectivity index (χ3v) is 5.00. The highest BCUT2D eigenvalue weighted by Crippen LogP contribution is 2.23. The molecule has 0 aliphatic carbocycles. The topological polar surface area (TPSA) is 115 Å². The van der Waals surface area contributed by atoms with Crippen LogP contribution in [0.2, 0.25) is 0 Å². The number of aryl methyl sites for hydroxylation is 1. The molecule has 24 heavy (non-hydrogen) atoms. The van der Waals surface area contributed by atoms with Gasteiger partial charge < -0.3 is 5.11 Å². The highest BCUT2D eigenvalue weighted by atomic mass is 32.2. The summed E-state index contributed by atoms with van der Waals surface area (Å²) in [5.41, 5.74) is 10.2. The number of hydrogen-bond acceptors (Lipinski definition) is 4. The zero-order valence-corrected chi connectivity index (χ0v) is 13.9. The van der Waals surface area contributed by atoms with E-state index >= 15 is 0 Å². The molecule has 2 atom stereocenters.